The Labute approximate surface area is 136 Å². The molecule has 1 unspecified atom stereocenters. The van der Waals surface area contributed by atoms with Gasteiger partial charge in [0.15, 0.2) is 5.82 Å². The number of carbonyl (C=O) groups is 1. The van der Waals surface area contributed by atoms with Crippen molar-refractivity contribution in [3.05, 3.63) is 49.1 Å². The summed E-state index contributed by atoms with van der Waals surface area (Å²) in [5.74, 6) is 1.62. The molecule has 6 nitrogen and oxygen atoms in total. The highest BCUT2D eigenvalue weighted by atomic mass is 16.2. The Morgan fingerprint density at radius 1 is 1.39 bits per heavy atom. The van der Waals surface area contributed by atoms with E-state index in [0.717, 1.165) is 30.3 Å². The van der Waals surface area contributed by atoms with E-state index in [0.29, 0.717) is 12.4 Å². The Balaban J connectivity index is 1.95. The summed E-state index contributed by atoms with van der Waals surface area (Å²) in [6.07, 6.45) is 7.18. The maximum atomic E-state index is 12.8. The van der Waals surface area contributed by atoms with Crippen molar-refractivity contribution < 1.29 is 4.79 Å². The number of piperazine rings is 1. The number of hydrogen-bond acceptors (Lipinski definition) is 5. The lowest BCUT2D eigenvalue weighted by molar-refractivity contribution is -0.120. The standard InChI is InChI=1S/C17H21N5O/c1-5-7-13(6-2)21-8-9-22-15(11-21)17(23)20(4)14-10-18-12(3)19-16(14)22/h5-7,10,15H,1-2,8-9,11H2,3-4H3/b13-7+. The number of nitrogens with zero attached hydrogens (tertiary/aromatic N) is 5. The summed E-state index contributed by atoms with van der Waals surface area (Å²) < 4.78 is 0. The van der Waals surface area contributed by atoms with Crippen molar-refractivity contribution in [2.45, 2.75) is 13.0 Å². The van der Waals surface area contributed by atoms with E-state index in [1.807, 2.05) is 13.0 Å². The van der Waals surface area contributed by atoms with E-state index in [4.69, 9.17) is 0 Å². The first kappa shape index (κ1) is 15.3. The van der Waals surface area contributed by atoms with Crippen LogP contribution in [0.1, 0.15) is 5.82 Å². The lowest BCUT2D eigenvalue weighted by Gasteiger charge is -2.47. The first-order valence-electron chi connectivity index (χ1n) is 7.64. The minimum absolute atomic E-state index is 0.0664. The van der Waals surface area contributed by atoms with Gasteiger partial charge in [-0.1, -0.05) is 19.2 Å². The quantitative estimate of drug-likeness (QED) is 0.792. The Hall–Kier alpha value is -2.63. The molecule has 0 aromatic carbocycles. The molecule has 1 saturated heterocycles. The first-order chi connectivity index (χ1) is 11.1. The predicted molar refractivity (Wildman–Crippen MR) is 91.4 cm³/mol. The number of rotatable bonds is 3. The number of carbonyl (C=O) groups excluding carboxylic acids is 1. The molecule has 23 heavy (non-hydrogen) atoms. The Morgan fingerprint density at radius 2 is 2.17 bits per heavy atom. The van der Waals surface area contributed by atoms with Crippen LogP contribution >= 0.6 is 0 Å². The number of aromatic nitrogens is 2. The highest BCUT2D eigenvalue weighted by Gasteiger charge is 2.41. The van der Waals surface area contributed by atoms with E-state index < -0.39 is 0 Å². The topological polar surface area (TPSA) is 52.6 Å². The van der Waals surface area contributed by atoms with Crippen LogP contribution < -0.4 is 9.80 Å². The number of allylic oxidation sites excluding steroid dienone is 3. The highest BCUT2D eigenvalue weighted by molar-refractivity contribution is 6.04. The van der Waals surface area contributed by atoms with Crippen molar-refractivity contribution in [1.29, 1.82) is 0 Å². The fourth-order valence-corrected chi connectivity index (χ4v) is 3.15. The summed E-state index contributed by atoms with van der Waals surface area (Å²) in [5.41, 5.74) is 1.76. The Bertz CT molecular complexity index is 696. The number of likely N-dealkylation sites (N-methyl/N-ethyl adjacent to an activating group) is 1. The van der Waals surface area contributed by atoms with Crippen molar-refractivity contribution in [2.75, 3.05) is 36.5 Å². The molecular formula is C17H21N5O. The first-order valence-corrected chi connectivity index (χ1v) is 7.64. The average Bonchev–Trinajstić information content (AvgIpc) is 2.57. The van der Waals surface area contributed by atoms with Crippen molar-refractivity contribution in [3.8, 4) is 0 Å². The zero-order valence-corrected chi connectivity index (χ0v) is 13.6. The third kappa shape index (κ3) is 2.50. The van der Waals surface area contributed by atoms with Crippen molar-refractivity contribution in [1.82, 2.24) is 14.9 Å². The summed E-state index contributed by atoms with van der Waals surface area (Å²) in [7, 11) is 1.78. The minimum Gasteiger partial charge on any atom is -0.367 e. The van der Waals surface area contributed by atoms with Gasteiger partial charge < -0.3 is 14.7 Å². The van der Waals surface area contributed by atoms with Crippen LogP contribution in [0.25, 0.3) is 0 Å². The van der Waals surface area contributed by atoms with Gasteiger partial charge in [0.2, 0.25) is 0 Å². The summed E-state index contributed by atoms with van der Waals surface area (Å²) >= 11 is 0. The van der Waals surface area contributed by atoms with E-state index in [2.05, 4.69) is 32.9 Å². The SMILES string of the molecule is C=C/C=C(\C=C)N1CCN2c3nc(C)ncc3N(C)C(=O)C2C1. The fraction of sp³-hybridized carbons (Fsp3) is 0.353. The number of anilines is 2. The van der Waals surface area contributed by atoms with Crippen LogP contribution in [-0.2, 0) is 4.79 Å². The maximum Gasteiger partial charge on any atom is 0.251 e. The van der Waals surface area contributed by atoms with Crippen LogP contribution in [0.15, 0.2) is 43.3 Å². The molecule has 2 aliphatic rings. The molecule has 0 bridgehead atoms. The molecule has 0 saturated carbocycles. The van der Waals surface area contributed by atoms with Crippen LogP contribution in [0.2, 0.25) is 0 Å². The number of amides is 1. The van der Waals surface area contributed by atoms with Gasteiger partial charge in [0.1, 0.15) is 17.6 Å². The molecule has 3 rings (SSSR count). The lowest BCUT2D eigenvalue weighted by Crippen LogP contribution is -2.62. The summed E-state index contributed by atoms with van der Waals surface area (Å²) in [6.45, 7) is 11.6. The third-order valence-corrected chi connectivity index (χ3v) is 4.36. The molecule has 0 N–H and O–H groups in total. The molecule has 2 aliphatic heterocycles. The van der Waals surface area contributed by atoms with Crippen molar-refractivity contribution in [3.63, 3.8) is 0 Å². The van der Waals surface area contributed by atoms with Crippen LogP contribution in [0.3, 0.4) is 0 Å². The van der Waals surface area contributed by atoms with Crippen LogP contribution in [0.5, 0.6) is 0 Å². The van der Waals surface area contributed by atoms with E-state index in [-0.39, 0.29) is 11.9 Å². The zero-order chi connectivity index (χ0) is 16.6. The maximum absolute atomic E-state index is 12.8. The second-order valence-corrected chi connectivity index (χ2v) is 5.71. The van der Waals surface area contributed by atoms with E-state index in [9.17, 15) is 4.79 Å². The summed E-state index contributed by atoms with van der Waals surface area (Å²) in [6, 6.07) is -0.247. The van der Waals surface area contributed by atoms with Gasteiger partial charge in [0.05, 0.1) is 6.20 Å². The molecule has 1 amide bonds. The van der Waals surface area contributed by atoms with Crippen LogP contribution in [0, 0.1) is 6.92 Å². The summed E-state index contributed by atoms with van der Waals surface area (Å²) in [4.78, 5) is 27.5. The second-order valence-electron chi connectivity index (χ2n) is 5.71. The normalized spacial score (nSPS) is 21.0. The molecule has 1 fully saturated rings. The number of hydrogen-bond donors (Lipinski definition) is 0. The van der Waals surface area contributed by atoms with Gasteiger partial charge in [-0.15, -0.1) is 0 Å². The van der Waals surface area contributed by atoms with E-state index >= 15 is 0 Å². The lowest BCUT2D eigenvalue weighted by atomic mass is 10.1. The highest BCUT2D eigenvalue weighted by Crippen LogP contribution is 2.35. The van der Waals surface area contributed by atoms with Crippen molar-refractivity contribution >= 4 is 17.4 Å². The zero-order valence-electron chi connectivity index (χ0n) is 13.6. The number of aryl methyl sites for hydroxylation is 1. The molecular weight excluding hydrogens is 290 g/mol. The van der Waals surface area contributed by atoms with Crippen molar-refractivity contribution in [2.24, 2.45) is 0 Å². The molecule has 0 spiro atoms. The Kier molecular flexibility index (Phi) is 3.90. The largest absolute Gasteiger partial charge is 0.367 e. The molecule has 1 atom stereocenters. The molecule has 0 radical (unpaired) electrons. The van der Waals surface area contributed by atoms with Crippen LogP contribution in [0.4, 0.5) is 11.5 Å². The average molecular weight is 311 g/mol. The van der Waals surface area contributed by atoms with Gasteiger partial charge in [0, 0.05) is 32.4 Å². The smallest absolute Gasteiger partial charge is 0.251 e. The van der Waals surface area contributed by atoms with Gasteiger partial charge in [-0.3, -0.25) is 4.79 Å². The van der Waals surface area contributed by atoms with E-state index in [1.54, 1.807) is 30.3 Å². The van der Waals surface area contributed by atoms with Gasteiger partial charge in [-0.2, -0.15) is 0 Å². The third-order valence-electron chi connectivity index (χ3n) is 4.36. The molecule has 1 aromatic heterocycles. The molecule has 0 aliphatic carbocycles. The monoisotopic (exact) mass is 311 g/mol. The predicted octanol–water partition coefficient (Wildman–Crippen LogP) is 1.51. The minimum atomic E-state index is -0.247. The van der Waals surface area contributed by atoms with Gasteiger partial charge >= 0.3 is 0 Å². The van der Waals surface area contributed by atoms with Gasteiger partial charge in [-0.05, 0) is 19.1 Å². The molecule has 1 aromatic rings. The number of fused-ring (bicyclic) bond motifs is 3. The fourth-order valence-electron chi connectivity index (χ4n) is 3.15. The summed E-state index contributed by atoms with van der Waals surface area (Å²) in [5, 5.41) is 0. The molecule has 6 heteroatoms. The van der Waals surface area contributed by atoms with E-state index in [1.165, 1.54) is 0 Å². The molecule has 120 valence electrons. The Morgan fingerprint density at radius 3 is 2.87 bits per heavy atom. The van der Waals surface area contributed by atoms with Gasteiger partial charge in [-0.25, -0.2) is 9.97 Å². The molecule has 3 heterocycles. The van der Waals surface area contributed by atoms with Gasteiger partial charge in [0.25, 0.3) is 5.91 Å². The van der Waals surface area contributed by atoms with Crippen LogP contribution in [-0.4, -0.2) is 53.5 Å². The second kappa shape index (κ2) is 5.87.